The number of piperidine rings is 1. The molecule has 1 saturated heterocycles. The lowest BCUT2D eigenvalue weighted by Crippen LogP contribution is -2.41. The molecule has 0 radical (unpaired) electrons. The van der Waals surface area contributed by atoms with Gasteiger partial charge in [-0.25, -0.2) is 17.4 Å². The van der Waals surface area contributed by atoms with E-state index < -0.39 is 10.0 Å². The first-order valence-electron chi connectivity index (χ1n) is 13.8. The van der Waals surface area contributed by atoms with E-state index in [9.17, 15) is 8.42 Å². The molecular weight excluding hydrogens is 544 g/mol. The molecule has 1 N–H and O–H groups in total. The lowest BCUT2D eigenvalue weighted by atomic mass is 10.0. The Morgan fingerprint density at radius 2 is 1.88 bits per heavy atom. The van der Waals surface area contributed by atoms with Gasteiger partial charge in [-0.05, 0) is 56.7 Å². The van der Waals surface area contributed by atoms with Crippen LogP contribution in [-0.4, -0.2) is 92.5 Å². The zero-order chi connectivity index (χ0) is 28.9. The van der Waals surface area contributed by atoms with Gasteiger partial charge in [0.1, 0.15) is 12.2 Å². The monoisotopic (exact) mass is 580 g/mol. The van der Waals surface area contributed by atoms with Gasteiger partial charge in [0, 0.05) is 45.7 Å². The van der Waals surface area contributed by atoms with E-state index in [1.54, 1.807) is 4.68 Å². The molecule has 2 aliphatic heterocycles. The fourth-order valence-corrected chi connectivity index (χ4v) is 6.55. The molecule has 4 aromatic rings. The van der Waals surface area contributed by atoms with Gasteiger partial charge in [-0.1, -0.05) is 6.07 Å². The van der Waals surface area contributed by atoms with Crippen LogP contribution >= 0.6 is 0 Å². The van der Waals surface area contributed by atoms with E-state index in [1.165, 1.54) is 10.6 Å². The summed E-state index contributed by atoms with van der Waals surface area (Å²) < 4.78 is 42.0. The molecule has 12 nitrogen and oxygen atoms in total. The molecule has 0 aliphatic carbocycles. The van der Waals surface area contributed by atoms with Gasteiger partial charge in [0.05, 0.1) is 40.5 Å². The van der Waals surface area contributed by atoms with E-state index in [0.29, 0.717) is 44.9 Å². The Morgan fingerprint density at radius 3 is 2.63 bits per heavy atom. The Labute approximate surface area is 239 Å². The van der Waals surface area contributed by atoms with E-state index in [0.717, 1.165) is 44.9 Å². The van der Waals surface area contributed by atoms with E-state index >= 15 is 0 Å². The quantitative estimate of drug-likeness (QED) is 0.393. The van der Waals surface area contributed by atoms with Crippen molar-refractivity contribution in [3.63, 3.8) is 0 Å². The third-order valence-electron chi connectivity index (χ3n) is 7.82. The van der Waals surface area contributed by atoms with Crippen LogP contribution in [0.5, 0.6) is 11.8 Å². The molecule has 41 heavy (non-hydrogen) atoms. The van der Waals surface area contributed by atoms with Crippen molar-refractivity contribution in [1.82, 2.24) is 39.0 Å². The highest BCUT2D eigenvalue weighted by molar-refractivity contribution is 7.88. The first-order valence-corrected chi connectivity index (χ1v) is 15.6. The average molecular weight is 581 g/mol. The van der Waals surface area contributed by atoms with Gasteiger partial charge in [-0.15, -0.1) is 5.10 Å². The number of hydrogen-bond acceptors (Lipinski definition) is 8. The van der Waals surface area contributed by atoms with Gasteiger partial charge in [0.15, 0.2) is 0 Å². The van der Waals surface area contributed by atoms with Crippen molar-refractivity contribution in [2.75, 3.05) is 32.9 Å². The van der Waals surface area contributed by atoms with Gasteiger partial charge in [0.25, 0.3) is 0 Å². The lowest BCUT2D eigenvalue weighted by molar-refractivity contribution is 0.129. The minimum atomic E-state index is -3.21. The average Bonchev–Trinajstić information content (AvgIpc) is 3.57. The van der Waals surface area contributed by atoms with Crippen LogP contribution < -0.4 is 9.47 Å². The molecule has 0 amide bonds. The van der Waals surface area contributed by atoms with E-state index in [2.05, 4.69) is 40.2 Å². The first kappa shape index (κ1) is 27.5. The Kier molecular flexibility index (Phi) is 7.12. The van der Waals surface area contributed by atoms with Crippen molar-refractivity contribution >= 4 is 33.1 Å². The smallest absolute Gasteiger partial charge is 0.240 e. The molecular formula is C28H36N8O4S. The first-order chi connectivity index (χ1) is 19.6. The second-order valence-electron chi connectivity index (χ2n) is 11.1. The lowest BCUT2D eigenvalue weighted by Gasteiger charge is -2.30. The Hall–Kier alpha value is -3.68. The SMILES string of the molecule is C[C@H]1CN(C)Cc2c(c(OC3CCN(S(C)(=O)=O)CC3)nn2C)/C=C/c2[nH]nc3ccc(cc23)-c2cnn(C)c2O1. The number of ether oxygens (including phenoxy) is 2. The number of rotatable bonds is 3. The molecule has 0 unspecified atom stereocenters. The summed E-state index contributed by atoms with van der Waals surface area (Å²) in [5.74, 6) is 1.26. The van der Waals surface area contributed by atoms with Crippen LogP contribution in [0.2, 0.25) is 0 Å². The predicted molar refractivity (Wildman–Crippen MR) is 157 cm³/mol. The predicted octanol–water partition coefficient (Wildman–Crippen LogP) is 2.88. The van der Waals surface area contributed by atoms with Gasteiger partial charge in [-0.3, -0.25) is 14.7 Å². The van der Waals surface area contributed by atoms with Crippen molar-refractivity contribution in [3.8, 4) is 22.9 Å². The summed E-state index contributed by atoms with van der Waals surface area (Å²) >= 11 is 0. The maximum atomic E-state index is 12.0. The maximum absolute atomic E-state index is 12.0. The van der Waals surface area contributed by atoms with Crippen LogP contribution in [0.15, 0.2) is 24.4 Å². The van der Waals surface area contributed by atoms with Crippen LogP contribution in [0.25, 0.3) is 34.2 Å². The summed E-state index contributed by atoms with van der Waals surface area (Å²) in [6.07, 6.45) is 8.14. The molecule has 1 atom stereocenters. The summed E-state index contributed by atoms with van der Waals surface area (Å²) in [6.45, 7) is 4.24. The third kappa shape index (κ3) is 5.48. The summed E-state index contributed by atoms with van der Waals surface area (Å²) in [5.41, 5.74) is 5.54. The van der Waals surface area contributed by atoms with Crippen molar-refractivity contribution in [3.05, 3.63) is 41.3 Å². The fourth-order valence-electron chi connectivity index (χ4n) is 5.67. The van der Waals surface area contributed by atoms with Crippen molar-refractivity contribution < 1.29 is 17.9 Å². The van der Waals surface area contributed by atoms with Crippen molar-refractivity contribution in [2.45, 2.75) is 38.5 Å². The van der Waals surface area contributed by atoms with Gasteiger partial charge < -0.3 is 9.47 Å². The Bertz CT molecular complexity index is 1710. The third-order valence-corrected chi connectivity index (χ3v) is 9.12. The number of aromatic nitrogens is 6. The summed E-state index contributed by atoms with van der Waals surface area (Å²) in [4.78, 5) is 2.21. The molecule has 13 heteroatoms. The molecule has 0 spiro atoms. The number of sulfonamides is 1. The minimum Gasteiger partial charge on any atom is -0.473 e. The highest BCUT2D eigenvalue weighted by atomic mass is 32.2. The number of H-pyrrole nitrogens is 1. The molecule has 3 aromatic heterocycles. The minimum absolute atomic E-state index is 0.101. The standard InChI is InChI=1S/C28H36N8O4S/c1-18-16-33(2)17-26-21(27(32-34(26)3)40-20-10-12-36(13-11-20)41(5,37)38)7-9-25-22-14-19(6-8-24(22)30-31-25)23-15-29-35(4)28(23)39-18/h6-9,14-15,18,20H,10-13,16-17H2,1-5H3,(H,30,31)/b9-7+/t18-/m0/s1. The number of fused-ring (bicyclic) bond motifs is 4. The van der Waals surface area contributed by atoms with Gasteiger partial charge >= 0.3 is 0 Å². The Morgan fingerprint density at radius 1 is 1.10 bits per heavy atom. The number of aromatic amines is 1. The summed E-state index contributed by atoms with van der Waals surface area (Å²) in [7, 11) is 2.67. The Balaban J connectivity index is 1.39. The summed E-state index contributed by atoms with van der Waals surface area (Å²) in [6, 6.07) is 6.14. The van der Waals surface area contributed by atoms with Gasteiger partial charge in [-0.2, -0.15) is 10.2 Å². The zero-order valence-corrected chi connectivity index (χ0v) is 24.8. The van der Waals surface area contributed by atoms with Crippen molar-refractivity contribution in [2.24, 2.45) is 14.1 Å². The molecule has 1 fully saturated rings. The van der Waals surface area contributed by atoms with E-state index in [1.807, 2.05) is 49.3 Å². The zero-order valence-electron chi connectivity index (χ0n) is 24.0. The van der Waals surface area contributed by atoms with Crippen LogP contribution in [0, 0.1) is 0 Å². The van der Waals surface area contributed by atoms with Crippen LogP contribution in [0.1, 0.15) is 36.7 Å². The normalized spacial score (nSPS) is 20.3. The van der Waals surface area contributed by atoms with Crippen LogP contribution in [0.3, 0.4) is 0 Å². The highest BCUT2D eigenvalue weighted by Crippen LogP contribution is 2.34. The number of nitrogens with one attached hydrogen (secondary N) is 1. The number of hydrogen-bond donors (Lipinski definition) is 1. The fraction of sp³-hybridized carbons (Fsp3) is 0.464. The van der Waals surface area contributed by atoms with Crippen LogP contribution in [-0.2, 0) is 30.7 Å². The second kappa shape index (κ2) is 10.6. The number of nitrogens with zero attached hydrogens (tertiary/aromatic N) is 7. The van der Waals surface area contributed by atoms with Crippen LogP contribution in [0.4, 0.5) is 0 Å². The van der Waals surface area contributed by atoms with Gasteiger partial charge in [0.2, 0.25) is 21.8 Å². The molecule has 2 bridgehead atoms. The highest BCUT2D eigenvalue weighted by Gasteiger charge is 2.28. The largest absolute Gasteiger partial charge is 0.473 e. The maximum Gasteiger partial charge on any atom is 0.240 e. The second-order valence-corrected chi connectivity index (χ2v) is 13.1. The molecule has 2 aliphatic rings. The summed E-state index contributed by atoms with van der Waals surface area (Å²) in [5, 5.41) is 17.9. The molecule has 6 rings (SSSR count). The molecule has 1 aromatic carbocycles. The van der Waals surface area contributed by atoms with Crippen molar-refractivity contribution in [1.29, 1.82) is 0 Å². The molecule has 0 saturated carbocycles. The van der Waals surface area contributed by atoms with E-state index in [-0.39, 0.29) is 12.2 Å². The number of benzene rings is 1. The van der Waals surface area contributed by atoms with E-state index in [4.69, 9.17) is 14.6 Å². The number of aryl methyl sites for hydroxylation is 2. The molecule has 218 valence electrons. The topological polar surface area (TPSA) is 123 Å². The molecule has 5 heterocycles. The number of likely N-dealkylation sites (N-methyl/N-ethyl adjacent to an activating group) is 1.